The second kappa shape index (κ2) is 10.8. The normalized spacial score (nSPS) is 26.9. The molecule has 2 aromatic heterocycles. The number of rotatable bonds is 7. The predicted octanol–water partition coefficient (Wildman–Crippen LogP) is -7.77. The summed E-state index contributed by atoms with van der Waals surface area (Å²) in [6, 6.07) is 0. The number of anilines is 1. The predicted molar refractivity (Wildman–Crippen MR) is 87.7 cm³/mol. The number of imidazole rings is 1. The zero-order valence-corrected chi connectivity index (χ0v) is 21.4. The van der Waals surface area contributed by atoms with Crippen LogP contribution in [-0.2, 0) is 19.6 Å². The van der Waals surface area contributed by atoms with Crippen molar-refractivity contribution in [3.63, 3.8) is 0 Å². The number of aliphatic hydroxyl groups excluding tert-OH is 2. The Morgan fingerprint density at radius 3 is 2.66 bits per heavy atom. The van der Waals surface area contributed by atoms with E-state index in [4.69, 9.17) is 10.5 Å². The molecule has 12 nitrogen and oxygen atoms in total. The summed E-state index contributed by atoms with van der Waals surface area (Å²) in [5.74, 6) is 0.135. The van der Waals surface area contributed by atoms with Crippen LogP contribution in [0.1, 0.15) is 26.2 Å². The van der Waals surface area contributed by atoms with Gasteiger partial charge in [-0.15, -0.1) is 0 Å². The van der Waals surface area contributed by atoms with Crippen molar-refractivity contribution in [2.45, 2.75) is 50.2 Å². The average Bonchev–Trinajstić information content (AvgIpc) is 3.14. The van der Waals surface area contributed by atoms with Gasteiger partial charge in [0.1, 0.15) is 30.2 Å². The van der Waals surface area contributed by atoms with Crippen molar-refractivity contribution in [1.29, 1.82) is 0 Å². The number of phosphoric acid groups is 1. The first-order valence-electron chi connectivity index (χ1n) is 8.34. The molecule has 1 aliphatic heterocycles. The number of ether oxygens (including phenoxy) is 1. The van der Waals surface area contributed by atoms with Gasteiger partial charge in [-0.05, 0) is 12.8 Å². The molecule has 0 bridgehead atoms. The van der Waals surface area contributed by atoms with Gasteiger partial charge in [-0.2, -0.15) is 0 Å². The van der Waals surface area contributed by atoms with Gasteiger partial charge in [0.15, 0.2) is 17.2 Å². The van der Waals surface area contributed by atoms with Crippen LogP contribution in [0.4, 0.5) is 5.82 Å². The Morgan fingerprint density at radius 1 is 1.34 bits per heavy atom. The maximum Gasteiger partial charge on any atom is 1.00 e. The van der Waals surface area contributed by atoms with Gasteiger partial charge >= 0.3 is 59.1 Å². The quantitative estimate of drug-likeness (QED) is 0.270. The van der Waals surface area contributed by atoms with Gasteiger partial charge in [0.25, 0.3) is 0 Å². The van der Waals surface area contributed by atoms with Gasteiger partial charge in [0, 0.05) is 0 Å². The van der Waals surface area contributed by atoms with E-state index in [9.17, 15) is 24.6 Å². The van der Waals surface area contributed by atoms with E-state index in [2.05, 4.69) is 19.5 Å². The fourth-order valence-electron chi connectivity index (χ4n) is 3.26. The summed E-state index contributed by atoms with van der Waals surface area (Å²) in [5.41, 5.74) is 4.88. The van der Waals surface area contributed by atoms with Crippen LogP contribution < -0.4 is 74.6 Å². The third kappa shape index (κ3) is 5.58. The Labute approximate surface area is 211 Å². The Kier molecular flexibility index (Phi) is 10.2. The number of nitrogens with two attached hydrogens (primary N) is 1. The van der Waals surface area contributed by atoms with E-state index >= 15 is 0 Å². The SMILES string of the molecule is CCCC[C@@]1(n2cnc3c(N)ncnc32)O[C@H](COP(=O)([O-])[O-])[C@@H](O)[C@H]1O.[Na+].[Na+]. The largest absolute Gasteiger partial charge is 1.00 e. The van der Waals surface area contributed by atoms with E-state index in [0.29, 0.717) is 11.9 Å². The van der Waals surface area contributed by atoms with Crippen molar-refractivity contribution >= 4 is 24.8 Å². The third-order valence-corrected chi connectivity index (χ3v) is 5.04. The van der Waals surface area contributed by atoms with Gasteiger partial charge in [0.2, 0.25) is 0 Å². The third-order valence-electron chi connectivity index (χ3n) is 4.58. The van der Waals surface area contributed by atoms with E-state index in [-0.39, 0.29) is 77.0 Å². The molecule has 0 spiro atoms. The molecule has 29 heavy (non-hydrogen) atoms. The minimum atomic E-state index is -5.26. The van der Waals surface area contributed by atoms with Gasteiger partial charge < -0.3 is 39.6 Å². The molecule has 4 atom stereocenters. The number of phosphoric ester groups is 1. The zero-order chi connectivity index (χ0) is 19.8. The van der Waals surface area contributed by atoms with Crippen LogP contribution in [0.25, 0.3) is 11.2 Å². The first-order valence-corrected chi connectivity index (χ1v) is 9.80. The van der Waals surface area contributed by atoms with Gasteiger partial charge in [-0.3, -0.25) is 4.57 Å². The molecule has 0 amide bonds. The summed E-state index contributed by atoms with van der Waals surface area (Å²) in [6.07, 6.45) is 0.0244. The minimum Gasteiger partial charge on any atom is -0.790 e. The van der Waals surface area contributed by atoms with Crippen molar-refractivity contribution in [3.05, 3.63) is 12.7 Å². The van der Waals surface area contributed by atoms with Crippen molar-refractivity contribution in [1.82, 2.24) is 19.5 Å². The van der Waals surface area contributed by atoms with Crippen LogP contribution in [0, 0.1) is 0 Å². The first-order chi connectivity index (χ1) is 12.7. The van der Waals surface area contributed by atoms with Crippen LogP contribution in [-0.4, -0.2) is 54.7 Å². The molecular weight excluding hydrogens is 427 g/mol. The van der Waals surface area contributed by atoms with E-state index < -0.39 is 38.5 Å². The molecule has 1 aliphatic rings. The standard InChI is InChI=1S/C14H22N5O7P.2Na/c1-2-3-4-14(19-7-18-9-12(15)16-6-17-13(9)19)11(21)10(20)8(26-14)5-25-27(22,23)24;;/h6-8,10-11,20-21H,2-5H2,1H3,(H2,15,16,17)(H2,22,23,24);;/q;2*+1/p-2/t8-,10-,11-,14-;;/m1../s1. The Hall–Kier alpha value is 0.340. The molecule has 4 N–H and O–H groups in total. The van der Waals surface area contributed by atoms with Crippen LogP contribution in [0.15, 0.2) is 12.7 Å². The van der Waals surface area contributed by atoms with Crippen LogP contribution in [0.3, 0.4) is 0 Å². The fraction of sp³-hybridized carbons (Fsp3) is 0.643. The smallest absolute Gasteiger partial charge is 0.790 e. The van der Waals surface area contributed by atoms with Gasteiger partial charge in [-0.25, -0.2) is 15.0 Å². The van der Waals surface area contributed by atoms with Crippen LogP contribution in [0.5, 0.6) is 0 Å². The second-order valence-corrected chi connectivity index (χ2v) is 7.48. The zero-order valence-electron chi connectivity index (χ0n) is 16.5. The molecule has 0 unspecified atom stereocenters. The summed E-state index contributed by atoms with van der Waals surface area (Å²) in [6.45, 7) is 1.21. The number of fused-ring (bicyclic) bond motifs is 1. The fourth-order valence-corrected chi connectivity index (χ4v) is 3.59. The number of aromatic nitrogens is 4. The summed E-state index contributed by atoms with van der Waals surface area (Å²) >= 11 is 0. The molecule has 1 fully saturated rings. The Morgan fingerprint density at radius 2 is 2.03 bits per heavy atom. The van der Waals surface area contributed by atoms with Crippen molar-refractivity contribution in [2.75, 3.05) is 12.3 Å². The Bertz CT molecular complexity index is 868. The molecule has 0 aromatic carbocycles. The second-order valence-electron chi connectivity index (χ2n) is 6.33. The molecule has 2 aromatic rings. The van der Waals surface area contributed by atoms with Gasteiger partial charge in [-0.1, -0.05) is 13.3 Å². The van der Waals surface area contributed by atoms with Crippen molar-refractivity contribution < 1.29 is 92.9 Å². The molecule has 0 saturated carbocycles. The molecule has 15 heteroatoms. The summed E-state index contributed by atoms with van der Waals surface area (Å²) in [5, 5.41) is 21.1. The van der Waals surface area contributed by atoms with E-state index in [1.54, 1.807) is 0 Å². The number of hydrogen-bond donors (Lipinski definition) is 3. The molecule has 1 saturated heterocycles. The van der Waals surface area contributed by atoms with Crippen molar-refractivity contribution in [3.8, 4) is 0 Å². The monoisotopic (exact) mass is 447 g/mol. The Balaban J connectivity index is 0.00000210. The molecule has 150 valence electrons. The summed E-state index contributed by atoms with van der Waals surface area (Å²) in [4.78, 5) is 33.6. The van der Waals surface area contributed by atoms with Gasteiger partial charge in [0.05, 0.1) is 20.8 Å². The average molecular weight is 447 g/mol. The first kappa shape index (κ1) is 27.4. The van der Waals surface area contributed by atoms with E-state index in [0.717, 1.165) is 6.42 Å². The van der Waals surface area contributed by atoms with Crippen molar-refractivity contribution in [2.24, 2.45) is 0 Å². The van der Waals surface area contributed by atoms with E-state index in [1.165, 1.54) is 17.2 Å². The molecule has 0 aliphatic carbocycles. The molecule has 3 heterocycles. The summed E-state index contributed by atoms with van der Waals surface area (Å²) in [7, 11) is -5.26. The molecular formula is C14H20N5Na2O7P. The van der Waals surface area contributed by atoms with Crippen LogP contribution >= 0.6 is 7.82 Å². The number of nitrogen functional groups attached to an aromatic ring is 1. The minimum absolute atomic E-state index is 0. The molecule has 0 radical (unpaired) electrons. The number of unbranched alkanes of at least 4 members (excludes halogenated alkanes) is 1. The maximum atomic E-state index is 10.8. The number of nitrogens with zero attached hydrogens (tertiary/aromatic N) is 4. The number of hydrogen-bond acceptors (Lipinski definition) is 11. The maximum absolute atomic E-state index is 10.8. The summed E-state index contributed by atoms with van der Waals surface area (Å²) < 4.78 is 22.3. The topological polar surface area (TPSA) is 192 Å². The number of aliphatic hydroxyl groups is 2. The van der Waals surface area contributed by atoms with E-state index in [1.807, 2.05) is 6.92 Å². The van der Waals surface area contributed by atoms with Crippen LogP contribution in [0.2, 0.25) is 0 Å². The molecule has 3 rings (SSSR count).